The molecule has 1 atom stereocenters. The van der Waals surface area contributed by atoms with E-state index in [9.17, 15) is 9.90 Å². The Morgan fingerprint density at radius 1 is 1.35 bits per heavy atom. The molecule has 0 bridgehead atoms. The Kier molecular flexibility index (Phi) is 7.86. The van der Waals surface area contributed by atoms with E-state index in [1.165, 1.54) is 5.56 Å². The van der Waals surface area contributed by atoms with Gasteiger partial charge in [-0.2, -0.15) is 0 Å². The van der Waals surface area contributed by atoms with Crippen LogP contribution in [0.15, 0.2) is 24.3 Å². The number of piperidine rings is 1. The van der Waals surface area contributed by atoms with E-state index >= 15 is 0 Å². The molecular weight excluding hydrogens is 312 g/mol. The van der Waals surface area contributed by atoms with Crippen molar-refractivity contribution in [2.75, 3.05) is 32.8 Å². The molecule has 0 saturated carbocycles. The van der Waals surface area contributed by atoms with Gasteiger partial charge in [-0.25, -0.2) is 0 Å². The van der Waals surface area contributed by atoms with Gasteiger partial charge in [0.25, 0.3) is 0 Å². The largest absolute Gasteiger partial charge is 0.396 e. The first-order chi connectivity index (χ1) is 11.2. The molecule has 0 spiro atoms. The van der Waals surface area contributed by atoms with Crippen LogP contribution in [0, 0.1) is 5.92 Å². The third-order valence-electron chi connectivity index (χ3n) is 4.39. The van der Waals surface area contributed by atoms with E-state index in [2.05, 4.69) is 10.2 Å². The van der Waals surface area contributed by atoms with Crippen LogP contribution in [-0.4, -0.2) is 48.7 Å². The third kappa shape index (κ3) is 6.90. The number of hydrogen-bond acceptors (Lipinski definition) is 3. The molecule has 0 radical (unpaired) electrons. The quantitative estimate of drug-likeness (QED) is 0.765. The van der Waals surface area contributed by atoms with Crippen molar-refractivity contribution >= 4 is 17.5 Å². The average molecular weight is 339 g/mol. The van der Waals surface area contributed by atoms with Crippen molar-refractivity contribution in [1.29, 1.82) is 0 Å². The lowest BCUT2D eigenvalue weighted by Gasteiger charge is -2.31. The number of nitrogens with one attached hydrogen (secondary N) is 1. The fourth-order valence-electron chi connectivity index (χ4n) is 3.05. The minimum Gasteiger partial charge on any atom is -0.396 e. The fraction of sp³-hybridized carbons (Fsp3) is 0.611. The summed E-state index contributed by atoms with van der Waals surface area (Å²) in [5.41, 5.74) is 1.21. The van der Waals surface area contributed by atoms with E-state index in [1.807, 2.05) is 24.3 Å². The van der Waals surface area contributed by atoms with Gasteiger partial charge >= 0.3 is 0 Å². The van der Waals surface area contributed by atoms with Gasteiger partial charge in [0, 0.05) is 37.7 Å². The molecule has 1 saturated heterocycles. The summed E-state index contributed by atoms with van der Waals surface area (Å²) in [5, 5.41) is 13.0. The van der Waals surface area contributed by atoms with Crippen LogP contribution in [0.2, 0.25) is 5.02 Å². The molecule has 0 aromatic heterocycles. The minimum absolute atomic E-state index is 0.120. The molecule has 1 aliphatic rings. The monoisotopic (exact) mass is 338 g/mol. The maximum absolute atomic E-state index is 11.9. The first kappa shape index (κ1) is 18.2. The second-order valence-electron chi connectivity index (χ2n) is 6.32. The molecular formula is C18H27ClN2O2. The molecule has 1 amide bonds. The average Bonchev–Trinajstić information content (AvgIpc) is 2.57. The van der Waals surface area contributed by atoms with Gasteiger partial charge in [0.05, 0.1) is 0 Å². The van der Waals surface area contributed by atoms with Crippen molar-refractivity contribution in [2.24, 2.45) is 5.92 Å². The Morgan fingerprint density at radius 3 is 2.87 bits per heavy atom. The Labute approximate surface area is 143 Å². The topological polar surface area (TPSA) is 52.6 Å². The van der Waals surface area contributed by atoms with Crippen LogP contribution in [-0.2, 0) is 11.2 Å². The first-order valence-corrected chi connectivity index (χ1v) is 8.89. The Morgan fingerprint density at radius 2 is 2.13 bits per heavy atom. The highest BCUT2D eigenvalue weighted by Crippen LogP contribution is 2.15. The molecule has 1 fully saturated rings. The van der Waals surface area contributed by atoms with Crippen molar-refractivity contribution in [3.05, 3.63) is 34.9 Å². The van der Waals surface area contributed by atoms with Gasteiger partial charge < -0.3 is 15.3 Å². The number of carbonyl (C=O) groups is 1. The number of aliphatic hydroxyl groups is 1. The van der Waals surface area contributed by atoms with Crippen molar-refractivity contribution in [2.45, 2.75) is 32.1 Å². The summed E-state index contributed by atoms with van der Waals surface area (Å²) in [4.78, 5) is 14.2. The maximum Gasteiger partial charge on any atom is 0.220 e. The predicted octanol–water partition coefficient (Wildman–Crippen LogP) is 2.48. The lowest BCUT2D eigenvalue weighted by Crippen LogP contribution is -2.41. The molecule has 1 aliphatic heterocycles. The summed E-state index contributed by atoms with van der Waals surface area (Å²) >= 11 is 5.85. The van der Waals surface area contributed by atoms with Crippen LogP contribution >= 0.6 is 11.6 Å². The van der Waals surface area contributed by atoms with E-state index in [-0.39, 0.29) is 12.5 Å². The zero-order valence-corrected chi connectivity index (χ0v) is 14.4. The lowest BCUT2D eigenvalue weighted by atomic mass is 9.99. The highest BCUT2D eigenvalue weighted by atomic mass is 35.5. The van der Waals surface area contributed by atoms with Crippen LogP contribution in [0.3, 0.4) is 0 Å². The van der Waals surface area contributed by atoms with Gasteiger partial charge in [-0.05, 0) is 55.8 Å². The number of aryl methyl sites for hydroxylation is 1. The Bertz CT molecular complexity index is 478. The summed E-state index contributed by atoms with van der Waals surface area (Å²) in [5.74, 6) is 0.522. The third-order valence-corrected chi connectivity index (χ3v) is 4.65. The molecule has 1 unspecified atom stereocenters. The van der Waals surface area contributed by atoms with E-state index in [0.717, 1.165) is 50.3 Å². The highest BCUT2D eigenvalue weighted by Gasteiger charge is 2.18. The molecule has 0 aliphatic carbocycles. The fourth-order valence-corrected chi connectivity index (χ4v) is 3.18. The van der Waals surface area contributed by atoms with Gasteiger partial charge in [0.15, 0.2) is 0 Å². The Hall–Kier alpha value is -1.10. The van der Waals surface area contributed by atoms with Gasteiger partial charge in [0.2, 0.25) is 5.91 Å². The zero-order chi connectivity index (χ0) is 16.5. The summed E-state index contributed by atoms with van der Waals surface area (Å²) < 4.78 is 0. The first-order valence-electron chi connectivity index (χ1n) is 8.51. The molecule has 128 valence electrons. The standard InChI is InChI=1S/C18H27ClN2O2/c19-17-8-6-15(7-9-17)3-1-5-18(23)20-10-12-21-11-2-4-16(13-21)14-22/h6-9,16,22H,1-5,10-14H2,(H,20,23). The number of carbonyl (C=O) groups excluding carboxylic acids is 1. The summed E-state index contributed by atoms with van der Waals surface area (Å²) in [6.07, 6.45) is 4.56. The van der Waals surface area contributed by atoms with Crippen molar-refractivity contribution in [1.82, 2.24) is 10.2 Å². The number of benzene rings is 1. The second-order valence-corrected chi connectivity index (χ2v) is 6.76. The van der Waals surface area contributed by atoms with Crippen molar-refractivity contribution < 1.29 is 9.90 Å². The zero-order valence-electron chi connectivity index (χ0n) is 13.6. The number of rotatable bonds is 8. The summed E-state index contributed by atoms with van der Waals surface area (Å²) in [6, 6.07) is 7.78. The normalized spacial score (nSPS) is 18.8. The molecule has 1 aromatic rings. The second kappa shape index (κ2) is 9.91. The van der Waals surface area contributed by atoms with E-state index in [1.54, 1.807) is 0 Å². The van der Waals surface area contributed by atoms with Crippen LogP contribution in [0.1, 0.15) is 31.2 Å². The molecule has 2 rings (SSSR count). The van der Waals surface area contributed by atoms with Gasteiger partial charge in [0.1, 0.15) is 0 Å². The van der Waals surface area contributed by atoms with Crippen LogP contribution in [0.4, 0.5) is 0 Å². The van der Waals surface area contributed by atoms with Crippen LogP contribution in [0.5, 0.6) is 0 Å². The molecule has 1 heterocycles. The molecule has 1 aromatic carbocycles. The molecule has 4 nitrogen and oxygen atoms in total. The lowest BCUT2D eigenvalue weighted by molar-refractivity contribution is -0.121. The molecule has 23 heavy (non-hydrogen) atoms. The number of likely N-dealkylation sites (tertiary alicyclic amines) is 1. The van der Waals surface area contributed by atoms with E-state index in [4.69, 9.17) is 11.6 Å². The summed E-state index contributed by atoms with van der Waals surface area (Å²) in [6.45, 7) is 3.86. The number of hydrogen-bond donors (Lipinski definition) is 2. The van der Waals surface area contributed by atoms with Crippen LogP contribution in [0.25, 0.3) is 0 Å². The van der Waals surface area contributed by atoms with Crippen molar-refractivity contribution in [3.8, 4) is 0 Å². The molecule has 2 N–H and O–H groups in total. The van der Waals surface area contributed by atoms with Crippen LogP contribution < -0.4 is 5.32 Å². The highest BCUT2D eigenvalue weighted by molar-refractivity contribution is 6.30. The Balaban J connectivity index is 1.55. The number of nitrogens with zero attached hydrogens (tertiary/aromatic N) is 1. The van der Waals surface area contributed by atoms with E-state index in [0.29, 0.717) is 18.9 Å². The molecule has 5 heteroatoms. The predicted molar refractivity (Wildman–Crippen MR) is 93.6 cm³/mol. The number of aliphatic hydroxyl groups excluding tert-OH is 1. The van der Waals surface area contributed by atoms with Gasteiger partial charge in [-0.15, -0.1) is 0 Å². The SMILES string of the molecule is O=C(CCCc1ccc(Cl)cc1)NCCN1CCCC(CO)C1. The summed E-state index contributed by atoms with van der Waals surface area (Å²) in [7, 11) is 0. The van der Waals surface area contributed by atoms with E-state index < -0.39 is 0 Å². The number of amides is 1. The smallest absolute Gasteiger partial charge is 0.220 e. The minimum atomic E-state index is 0.120. The van der Waals surface area contributed by atoms with Gasteiger partial charge in [-0.1, -0.05) is 23.7 Å². The van der Waals surface area contributed by atoms with Crippen molar-refractivity contribution in [3.63, 3.8) is 0 Å². The van der Waals surface area contributed by atoms with Gasteiger partial charge in [-0.3, -0.25) is 4.79 Å². The maximum atomic E-state index is 11.9. The number of halogens is 1.